The molecule has 2 saturated carbocycles. The van der Waals surface area contributed by atoms with Gasteiger partial charge in [-0.15, -0.1) is 0 Å². The largest absolute Gasteiger partial charge is 0.473 e. The van der Waals surface area contributed by atoms with Gasteiger partial charge in [0.2, 0.25) is 11.8 Å². The van der Waals surface area contributed by atoms with E-state index in [1.807, 2.05) is 4.90 Å². The second-order valence-corrected chi connectivity index (χ2v) is 8.02. The Bertz CT molecular complexity index is 612. The third-order valence-corrected chi connectivity index (χ3v) is 6.01. The molecule has 3 fully saturated rings. The summed E-state index contributed by atoms with van der Waals surface area (Å²) >= 11 is 0. The molecule has 1 atom stereocenters. The van der Waals surface area contributed by atoms with E-state index in [9.17, 15) is 4.79 Å². The van der Waals surface area contributed by atoms with Crippen molar-refractivity contribution in [1.82, 2.24) is 14.9 Å². The predicted octanol–water partition coefficient (Wildman–Crippen LogP) is 3.39. The van der Waals surface area contributed by atoms with Gasteiger partial charge in [-0.3, -0.25) is 9.78 Å². The van der Waals surface area contributed by atoms with Gasteiger partial charge in [0, 0.05) is 25.0 Å². The molecule has 4 rings (SSSR count). The van der Waals surface area contributed by atoms with Crippen LogP contribution in [0.1, 0.15) is 64.2 Å². The lowest BCUT2D eigenvalue weighted by Crippen LogP contribution is -2.35. The van der Waals surface area contributed by atoms with Gasteiger partial charge in [0.1, 0.15) is 11.9 Å². The molecule has 142 valence electrons. The number of amides is 1. The van der Waals surface area contributed by atoms with Gasteiger partial charge in [0.25, 0.3) is 0 Å². The fourth-order valence-electron chi connectivity index (χ4n) is 4.55. The predicted molar refractivity (Wildman–Crippen MR) is 100 cm³/mol. The summed E-state index contributed by atoms with van der Waals surface area (Å²) in [5, 5.41) is 3.45. The summed E-state index contributed by atoms with van der Waals surface area (Å²) in [7, 11) is 0. The Morgan fingerprint density at radius 1 is 1.04 bits per heavy atom. The number of likely N-dealkylation sites (tertiary alicyclic amines) is 1. The topological polar surface area (TPSA) is 67.4 Å². The van der Waals surface area contributed by atoms with Crippen LogP contribution < -0.4 is 10.1 Å². The van der Waals surface area contributed by atoms with Gasteiger partial charge in [-0.1, -0.05) is 19.3 Å². The Balaban J connectivity index is 1.30. The highest BCUT2D eigenvalue weighted by Crippen LogP contribution is 2.28. The van der Waals surface area contributed by atoms with Gasteiger partial charge in [-0.2, -0.15) is 4.98 Å². The second-order valence-electron chi connectivity index (χ2n) is 8.02. The number of aromatic nitrogens is 2. The van der Waals surface area contributed by atoms with Crippen molar-refractivity contribution >= 4 is 11.7 Å². The number of hydrogen-bond acceptors (Lipinski definition) is 5. The molecular formula is C20H30N4O2. The molecule has 1 amide bonds. The normalized spacial score (nSPS) is 24.8. The first kappa shape index (κ1) is 17.6. The minimum absolute atomic E-state index is 0.250. The Labute approximate surface area is 155 Å². The Hall–Kier alpha value is -1.85. The maximum absolute atomic E-state index is 12.6. The first-order valence-electron chi connectivity index (χ1n) is 10.3. The van der Waals surface area contributed by atoms with E-state index in [-0.39, 0.29) is 18.1 Å². The molecule has 6 heteroatoms. The Morgan fingerprint density at radius 3 is 2.62 bits per heavy atom. The monoisotopic (exact) mass is 358 g/mol. The molecular weight excluding hydrogens is 328 g/mol. The van der Waals surface area contributed by atoms with Crippen LogP contribution in [0.25, 0.3) is 0 Å². The van der Waals surface area contributed by atoms with Crippen LogP contribution in [0, 0.1) is 5.92 Å². The molecule has 26 heavy (non-hydrogen) atoms. The van der Waals surface area contributed by atoms with Crippen molar-refractivity contribution in [1.29, 1.82) is 0 Å². The van der Waals surface area contributed by atoms with Crippen molar-refractivity contribution in [3.05, 3.63) is 12.4 Å². The van der Waals surface area contributed by atoms with Crippen molar-refractivity contribution in [2.75, 3.05) is 18.4 Å². The van der Waals surface area contributed by atoms with Crippen LogP contribution in [0.2, 0.25) is 0 Å². The fraction of sp³-hybridized carbons (Fsp3) is 0.750. The van der Waals surface area contributed by atoms with E-state index in [1.165, 1.54) is 32.1 Å². The van der Waals surface area contributed by atoms with Gasteiger partial charge in [-0.25, -0.2) is 0 Å². The number of carbonyl (C=O) groups is 1. The standard InChI is InChI=1S/C20H30N4O2/c25-20(15-6-4-5-7-15)24-11-10-16(14-24)22-18-12-21-13-19(23-18)26-17-8-2-1-3-9-17/h12-13,15-17H,1-11,14H2,(H,22,23). The van der Waals surface area contributed by atoms with Gasteiger partial charge in [0.15, 0.2) is 0 Å². The van der Waals surface area contributed by atoms with Gasteiger partial charge in [-0.05, 0) is 44.9 Å². The lowest BCUT2D eigenvalue weighted by Gasteiger charge is -2.22. The molecule has 3 aliphatic rings. The van der Waals surface area contributed by atoms with Crippen molar-refractivity contribution in [2.24, 2.45) is 5.92 Å². The van der Waals surface area contributed by atoms with E-state index in [1.54, 1.807) is 12.4 Å². The van der Waals surface area contributed by atoms with Crippen LogP contribution in [0.4, 0.5) is 5.82 Å². The first-order valence-corrected chi connectivity index (χ1v) is 10.3. The Morgan fingerprint density at radius 2 is 1.81 bits per heavy atom. The number of rotatable bonds is 5. The van der Waals surface area contributed by atoms with E-state index in [4.69, 9.17) is 4.74 Å². The average Bonchev–Trinajstić information content (AvgIpc) is 3.34. The van der Waals surface area contributed by atoms with Crippen LogP contribution in [-0.4, -0.2) is 46.0 Å². The number of nitrogens with zero attached hydrogens (tertiary/aromatic N) is 3. The molecule has 1 N–H and O–H groups in total. The third kappa shape index (κ3) is 4.27. The number of hydrogen-bond donors (Lipinski definition) is 1. The molecule has 0 spiro atoms. The van der Waals surface area contributed by atoms with Crippen LogP contribution in [0.15, 0.2) is 12.4 Å². The van der Waals surface area contributed by atoms with Gasteiger partial charge < -0.3 is 15.0 Å². The zero-order chi connectivity index (χ0) is 17.8. The molecule has 2 heterocycles. The maximum Gasteiger partial charge on any atom is 0.234 e. The molecule has 0 aromatic carbocycles. The van der Waals surface area contributed by atoms with Gasteiger partial charge >= 0.3 is 0 Å². The molecule has 2 aliphatic carbocycles. The molecule has 1 aromatic heterocycles. The fourth-order valence-corrected chi connectivity index (χ4v) is 4.55. The highest BCUT2D eigenvalue weighted by molar-refractivity contribution is 5.79. The highest BCUT2D eigenvalue weighted by Gasteiger charge is 2.32. The van der Waals surface area contributed by atoms with Crippen LogP contribution in [0.3, 0.4) is 0 Å². The van der Waals surface area contributed by atoms with E-state index in [2.05, 4.69) is 15.3 Å². The summed E-state index contributed by atoms with van der Waals surface area (Å²) in [5.41, 5.74) is 0. The van der Waals surface area contributed by atoms with Crippen molar-refractivity contribution in [2.45, 2.75) is 76.4 Å². The Kier molecular flexibility index (Phi) is 5.56. The zero-order valence-corrected chi connectivity index (χ0v) is 15.5. The summed E-state index contributed by atoms with van der Waals surface area (Å²) in [4.78, 5) is 23.5. The van der Waals surface area contributed by atoms with E-state index in [0.29, 0.717) is 11.8 Å². The van der Waals surface area contributed by atoms with Crippen LogP contribution in [-0.2, 0) is 4.79 Å². The number of anilines is 1. The SMILES string of the molecule is O=C(C1CCCC1)N1CCC(Nc2cncc(OC3CCCCC3)n2)C1. The van der Waals surface area contributed by atoms with Crippen molar-refractivity contribution < 1.29 is 9.53 Å². The summed E-state index contributed by atoms with van der Waals surface area (Å²) in [5.74, 6) is 1.98. The van der Waals surface area contributed by atoms with Crippen LogP contribution in [0.5, 0.6) is 5.88 Å². The molecule has 0 bridgehead atoms. The molecule has 1 unspecified atom stereocenters. The zero-order valence-electron chi connectivity index (χ0n) is 15.5. The number of carbonyl (C=O) groups excluding carboxylic acids is 1. The smallest absolute Gasteiger partial charge is 0.234 e. The lowest BCUT2D eigenvalue weighted by atomic mass is 9.98. The molecule has 1 saturated heterocycles. The van der Waals surface area contributed by atoms with Gasteiger partial charge in [0.05, 0.1) is 12.4 Å². The second kappa shape index (κ2) is 8.23. The molecule has 6 nitrogen and oxygen atoms in total. The van der Waals surface area contributed by atoms with E-state index >= 15 is 0 Å². The van der Waals surface area contributed by atoms with Crippen molar-refractivity contribution in [3.63, 3.8) is 0 Å². The van der Waals surface area contributed by atoms with E-state index in [0.717, 1.165) is 51.0 Å². The molecule has 1 aromatic rings. The number of nitrogens with one attached hydrogen (secondary N) is 1. The minimum Gasteiger partial charge on any atom is -0.473 e. The highest BCUT2D eigenvalue weighted by atomic mass is 16.5. The average molecular weight is 358 g/mol. The third-order valence-electron chi connectivity index (χ3n) is 6.01. The minimum atomic E-state index is 0.250. The quantitative estimate of drug-likeness (QED) is 0.874. The van der Waals surface area contributed by atoms with E-state index < -0.39 is 0 Å². The summed E-state index contributed by atoms with van der Waals surface area (Å²) < 4.78 is 6.01. The van der Waals surface area contributed by atoms with Crippen molar-refractivity contribution in [3.8, 4) is 5.88 Å². The molecule has 0 radical (unpaired) electrons. The maximum atomic E-state index is 12.6. The number of ether oxygens (including phenoxy) is 1. The summed E-state index contributed by atoms with van der Waals surface area (Å²) in [6.45, 7) is 1.61. The summed E-state index contributed by atoms with van der Waals surface area (Å²) in [6, 6.07) is 0.250. The lowest BCUT2D eigenvalue weighted by molar-refractivity contribution is -0.134. The van der Waals surface area contributed by atoms with Crippen LogP contribution >= 0.6 is 0 Å². The summed E-state index contributed by atoms with van der Waals surface area (Å²) in [6.07, 6.45) is 15.2. The molecule has 1 aliphatic heterocycles. The first-order chi connectivity index (χ1) is 12.8.